The van der Waals surface area contributed by atoms with Crippen molar-refractivity contribution in [2.24, 2.45) is 5.14 Å². The second-order valence-corrected chi connectivity index (χ2v) is 7.94. The maximum Gasteiger partial charge on any atom is 0.238 e. The number of aromatic nitrogens is 2. The van der Waals surface area contributed by atoms with E-state index >= 15 is 0 Å². The molecular weight excluding hydrogens is 356 g/mol. The Kier molecular flexibility index (Phi) is 4.81. The van der Waals surface area contributed by atoms with Crippen molar-refractivity contribution in [2.45, 2.75) is 29.3 Å². The van der Waals surface area contributed by atoms with Crippen LogP contribution >= 0.6 is 11.8 Å². The molecule has 0 saturated heterocycles. The molecule has 2 N–H and O–H groups in total. The van der Waals surface area contributed by atoms with Crippen molar-refractivity contribution in [1.82, 2.24) is 9.55 Å². The van der Waals surface area contributed by atoms with E-state index in [0.29, 0.717) is 16.8 Å². The van der Waals surface area contributed by atoms with Crippen LogP contribution in [-0.4, -0.2) is 18.0 Å². The molecule has 2 aromatic carbocycles. The number of rotatable bonds is 5. The standard InChI is InChI=1S/C17H16N4O2S2/c1-2-21-16-8-7-14(25(19,22)23)9-15(16)20-17(21)24-11-13-5-3-12(10-18)4-6-13/h3-9H,2,11H2,1H3,(H2,19,22,23). The zero-order chi connectivity index (χ0) is 18.0. The molecule has 1 heterocycles. The highest BCUT2D eigenvalue weighted by Crippen LogP contribution is 2.28. The van der Waals surface area contributed by atoms with Gasteiger partial charge in [0.25, 0.3) is 0 Å². The topological polar surface area (TPSA) is 102 Å². The van der Waals surface area contributed by atoms with Crippen LogP contribution < -0.4 is 5.14 Å². The molecule has 0 radical (unpaired) electrons. The van der Waals surface area contributed by atoms with Crippen molar-refractivity contribution in [3.63, 3.8) is 0 Å². The smallest absolute Gasteiger partial charge is 0.238 e. The molecule has 1 aromatic heterocycles. The Balaban J connectivity index is 1.91. The lowest BCUT2D eigenvalue weighted by Gasteiger charge is -2.06. The van der Waals surface area contributed by atoms with Crippen molar-refractivity contribution in [3.8, 4) is 6.07 Å². The molecule has 3 aromatic rings. The largest absolute Gasteiger partial charge is 0.319 e. The van der Waals surface area contributed by atoms with Crippen molar-refractivity contribution in [3.05, 3.63) is 53.6 Å². The number of sulfonamides is 1. The minimum Gasteiger partial charge on any atom is -0.319 e. The van der Waals surface area contributed by atoms with Gasteiger partial charge in [0.1, 0.15) is 0 Å². The highest BCUT2D eigenvalue weighted by atomic mass is 32.2. The van der Waals surface area contributed by atoms with Gasteiger partial charge in [0.05, 0.1) is 27.6 Å². The predicted molar refractivity (Wildman–Crippen MR) is 97.5 cm³/mol. The van der Waals surface area contributed by atoms with Gasteiger partial charge in [-0.25, -0.2) is 18.5 Å². The Morgan fingerprint density at radius 2 is 1.96 bits per heavy atom. The van der Waals surface area contributed by atoms with E-state index in [9.17, 15) is 8.42 Å². The van der Waals surface area contributed by atoms with Crippen LogP contribution in [0.3, 0.4) is 0 Å². The number of fused-ring (bicyclic) bond motifs is 1. The zero-order valence-corrected chi connectivity index (χ0v) is 15.1. The minimum atomic E-state index is -3.75. The molecule has 8 heteroatoms. The second-order valence-electron chi connectivity index (χ2n) is 5.43. The number of thioether (sulfide) groups is 1. The number of hydrogen-bond acceptors (Lipinski definition) is 5. The van der Waals surface area contributed by atoms with Gasteiger partial charge >= 0.3 is 0 Å². The number of aryl methyl sites for hydroxylation is 1. The van der Waals surface area contributed by atoms with Crippen LogP contribution in [0.4, 0.5) is 0 Å². The number of nitrogens with two attached hydrogens (primary N) is 1. The Hall–Kier alpha value is -2.34. The molecular formula is C17H16N4O2S2. The summed E-state index contributed by atoms with van der Waals surface area (Å²) >= 11 is 1.57. The summed E-state index contributed by atoms with van der Waals surface area (Å²) in [4.78, 5) is 4.62. The van der Waals surface area contributed by atoms with E-state index in [0.717, 1.165) is 22.8 Å². The van der Waals surface area contributed by atoms with E-state index in [2.05, 4.69) is 11.1 Å². The molecule has 0 aliphatic rings. The van der Waals surface area contributed by atoms with Gasteiger partial charge < -0.3 is 4.57 Å². The van der Waals surface area contributed by atoms with E-state index in [4.69, 9.17) is 10.4 Å². The van der Waals surface area contributed by atoms with Crippen molar-refractivity contribution >= 4 is 32.8 Å². The first-order valence-electron chi connectivity index (χ1n) is 7.57. The molecule has 0 bridgehead atoms. The molecule has 6 nitrogen and oxygen atoms in total. The van der Waals surface area contributed by atoms with Gasteiger partial charge in [-0.3, -0.25) is 0 Å². The quantitative estimate of drug-likeness (QED) is 0.694. The van der Waals surface area contributed by atoms with Crippen LogP contribution in [0.15, 0.2) is 52.5 Å². The summed E-state index contributed by atoms with van der Waals surface area (Å²) in [6.07, 6.45) is 0. The van der Waals surface area contributed by atoms with Gasteiger partial charge in [0.2, 0.25) is 10.0 Å². The molecule has 3 rings (SSSR count). The molecule has 128 valence electrons. The first kappa shape index (κ1) is 17.5. The predicted octanol–water partition coefficient (Wildman–Crippen LogP) is 2.87. The van der Waals surface area contributed by atoms with Crippen molar-refractivity contribution < 1.29 is 8.42 Å². The molecule has 0 spiro atoms. The van der Waals surface area contributed by atoms with Crippen LogP contribution in [0, 0.1) is 11.3 Å². The highest BCUT2D eigenvalue weighted by molar-refractivity contribution is 7.98. The summed E-state index contributed by atoms with van der Waals surface area (Å²) in [5.74, 6) is 0.705. The summed E-state index contributed by atoms with van der Waals surface area (Å²) in [5, 5.41) is 14.9. The number of benzene rings is 2. The van der Waals surface area contributed by atoms with Gasteiger partial charge in [-0.15, -0.1) is 0 Å². The average Bonchev–Trinajstić information content (AvgIpc) is 2.96. The van der Waals surface area contributed by atoms with Crippen LogP contribution in [-0.2, 0) is 22.3 Å². The Morgan fingerprint density at radius 1 is 1.24 bits per heavy atom. The third-order valence-electron chi connectivity index (χ3n) is 3.78. The maximum absolute atomic E-state index is 11.5. The average molecular weight is 372 g/mol. The zero-order valence-electron chi connectivity index (χ0n) is 13.5. The number of primary sulfonamides is 1. The van der Waals surface area contributed by atoms with E-state index in [1.807, 2.05) is 23.6 Å². The number of nitriles is 1. The van der Waals surface area contributed by atoms with Crippen LogP contribution in [0.5, 0.6) is 0 Å². The lowest BCUT2D eigenvalue weighted by Crippen LogP contribution is -2.11. The fraction of sp³-hybridized carbons (Fsp3) is 0.176. The van der Waals surface area contributed by atoms with Gasteiger partial charge in [-0.1, -0.05) is 23.9 Å². The van der Waals surface area contributed by atoms with Gasteiger partial charge in [-0.05, 0) is 42.8 Å². The molecule has 0 aliphatic carbocycles. The molecule has 0 atom stereocenters. The molecule has 0 unspecified atom stereocenters. The fourth-order valence-corrected chi connectivity index (χ4v) is 4.07. The monoisotopic (exact) mass is 372 g/mol. The maximum atomic E-state index is 11.5. The van der Waals surface area contributed by atoms with Crippen LogP contribution in [0.2, 0.25) is 0 Å². The summed E-state index contributed by atoms with van der Waals surface area (Å²) in [7, 11) is -3.75. The number of hydrogen-bond donors (Lipinski definition) is 1. The normalized spacial score (nSPS) is 11.6. The van der Waals surface area contributed by atoms with Crippen molar-refractivity contribution in [1.29, 1.82) is 5.26 Å². The number of imidazole rings is 1. The Labute approximate surface area is 150 Å². The summed E-state index contributed by atoms with van der Waals surface area (Å²) in [6, 6.07) is 14.3. The summed E-state index contributed by atoms with van der Waals surface area (Å²) in [6.45, 7) is 2.74. The van der Waals surface area contributed by atoms with E-state index < -0.39 is 10.0 Å². The van der Waals surface area contributed by atoms with Gasteiger partial charge in [0.15, 0.2) is 5.16 Å². The Morgan fingerprint density at radius 3 is 2.56 bits per heavy atom. The third kappa shape index (κ3) is 3.69. The first-order chi connectivity index (χ1) is 11.9. The van der Waals surface area contributed by atoms with Crippen LogP contribution in [0.1, 0.15) is 18.1 Å². The lowest BCUT2D eigenvalue weighted by atomic mass is 10.2. The van der Waals surface area contributed by atoms with Gasteiger partial charge in [-0.2, -0.15) is 5.26 Å². The van der Waals surface area contributed by atoms with E-state index in [1.165, 1.54) is 12.1 Å². The fourth-order valence-electron chi connectivity index (χ4n) is 2.50. The summed E-state index contributed by atoms with van der Waals surface area (Å²) in [5.41, 5.74) is 3.20. The molecule has 0 saturated carbocycles. The molecule has 25 heavy (non-hydrogen) atoms. The van der Waals surface area contributed by atoms with Crippen molar-refractivity contribution in [2.75, 3.05) is 0 Å². The molecule has 0 fully saturated rings. The van der Waals surface area contributed by atoms with Gasteiger partial charge in [0, 0.05) is 12.3 Å². The molecule has 0 amide bonds. The highest BCUT2D eigenvalue weighted by Gasteiger charge is 2.14. The first-order valence-corrected chi connectivity index (χ1v) is 10.1. The van der Waals surface area contributed by atoms with E-state index in [-0.39, 0.29) is 4.90 Å². The van der Waals surface area contributed by atoms with E-state index in [1.54, 1.807) is 30.0 Å². The van der Waals surface area contributed by atoms with Crippen LogP contribution in [0.25, 0.3) is 11.0 Å². The second kappa shape index (κ2) is 6.88. The molecule has 0 aliphatic heterocycles. The SMILES string of the molecule is CCn1c(SCc2ccc(C#N)cc2)nc2cc(S(N)(=O)=O)ccc21. The summed E-state index contributed by atoms with van der Waals surface area (Å²) < 4.78 is 25.1. The minimum absolute atomic E-state index is 0.0596. The third-order valence-corrected chi connectivity index (χ3v) is 5.74. The number of nitrogens with zero attached hydrogens (tertiary/aromatic N) is 3. The Bertz CT molecular complexity index is 1060. The lowest BCUT2D eigenvalue weighted by molar-refractivity contribution is 0.598.